The number of ether oxygens (including phenoxy) is 2. The van der Waals surface area contributed by atoms with Gasteiger partial charge < -0.3 is 25.0 Å². The van der Waals surface area contributed by atoms with E-state index in [9.17, 15) is 4.79 Å². The molecule has 0 bridgehead atoms. The molecular formula is C22H33N3O5S. The molecule has 0 atom stereocenters. The van der Waals surface area contributed by atoms with Gasteiger partial charge in [-0.15, -0.1) is 11.3 Å². The third-order valence-corrected chi connectivity index (χ3v) is 5.23. The third kappa shape index (κ3) is 9.65. The molecule has 2 aromatic rings. The summed E-state index contributed by atoms with van der Waals surface area (Å²) in [5, 5.41) is 21.7. The molecule has 0 spiro atoms. The van der Waals surface area contributed by atoms with E-state index in [2.05, 4.69) is 10.3 Å². The molecule has 2 rings (SSSR count). The number of nitrogens with one attached hydrogen (secondary N) is 1. The fourth-order valence-corrected chi connectivity index (χ4v) is 3.64. The van der Waals surface area contributed by atoms with Crippen LogP contribution in [0.15, 0.2) is 30.5 Å². The van der Waals surface area contributed by atoms with Gasteiger partial charge in [-0.05, 0) is 51.5 Å². The summed E-state index contributed by atoms with van der Waals surface area (Å²) in [6.07, 6.45) is 2.12. The SMILES string of the molecule is CC(C)(C)OC(=O)NCc1cnc(-c2ccc(OCCCN(CCO)CCO)cc2)s1. The Morgan fingerprint density at radius 2 is 1.81 bits per heavy atom. The first-order valence-electron chi connectivity index (χ1n) is 10.4. The number of hydrogen-bond donors (Lipinski definition) is 3. The lowest BCUT2D eigenvalue weighted by atomic mass is 10.2. The number of carbonyl (C=O) groups is 1. The van der Waals surface area contributed by atoms with Crippen LogP contribution in [0, 0.1) is 0 Å². The van der Waals surface area contributed by atoms with Crippen molar-refractivity contribution in [2.45, 2.75) is 39.3 Å². The van der Waals surface area contributed by atoms with Gasteiger partial charge in [0, 0.05) is 36.3 Å². The molecule has 8 nitrogen and oxygen atoms in total. The van der Waals surface area contributed by atoms with E-state index in [-0.39, 0.29) is 13.2 Å². The van der Waals surface area contributed by atoms with Gasteiger partial charge in [-0.3, -0.25) is 4.90 Å². The lowest BCUT2D eigenvalue weighted by Crippen LogP contribution is -2.31. The van der Waals surface area contributed by atoms with Gasteiger partial charge in [-0.25, -0.2) is 9.78 Å². The largest absolute Gasteiger partial charge is 0.494 e. The average Bonchev–Trinajstić information content (AvgIpc) is 3.18. The van der Waals surface area contributed by atoms with Crippen LogP contribution in [0.4, 0.5) is 4.79 Å². The van der Waals surface area contributed by atoms with Crippen LogP contribution in [-0.4, -0.2) is 71.2 Å². The molecule has 3 N–H and O–H groups in total. The maximum atomic E-state index is 11.8. The van der Waals surface area contributed by atoms with Gasteiger partial charge in [0.1, 0.15) is 16.4 Å². The predicted octanol–water partition coefficient (Wildman–Crippen LogP) is 2.89. The van der Waals surface area contributed by atoms with Crippen molar-refractivity contribution >= 4 is 17.4 Å². The molecule has 31 heavy (non-hydrogen) atoms. The monoisotopic (exact) mass is 451 g/mol. The van der Waals surface area contributed by atoms with Gasteiger partial charge in [-0.2, -0.15) is 0 Å². The van der Waals surface area contributed by atoms with Crippen molar-refractivity contribution in [2.24, 2.45) is 0 Å². The Labute approximate surface area is 187 Å². The highest BCUT2D eigenvalue weighted by molar-refractivity contribution is 7.15. The number of aliphatic hydroxyl groups is 2. The Morgan fingerprint density at radius 1 is 1.13 bits per heavy atom. The molecule has 0 saturated heterocycles. The van der Waals surface area contributed by atoms with Crippen LogP contribution in [0.2, 0.25) is 0 Å². The first-order chi connectivity index (χ1) is 14.8. The van der Waals surface area contributed by atoms with Gasteiger partial charge in [-0.1, -0.05) is 0 Å². The summed E-state index contributed by atoms with van der Waals surface area (Å²) in [4.78, 5) is 19.2. The smallest absolute Gasteiger partial charge is 0.407 e. The summed E-state index contributed by atoms with van der Waals surface area (Å²) in [6, 6.07) is 7.75. The zero-order valence-corrected chi connectivity index (χ0v) is 19.3. The highest BCUT2D eigenvalue weighted by Crippen LogP contribution is 2.27. The molecule has 0 unspecified atom stereocenters. The Balaban J connectivity index is 1.78. The molecule has 1 aromatic heterocycles. The molecule has 1 heterocycles. The van der Waals surface area contributed by atoms with Crippen molar-refractivity contribution in [1.82, 2.24) is 15.2 Å². The molecule has 9 heteroatoms. The second-order valence-electron chi connectivity index (χ2n) is 8.00. The zero-order chi connectivity index (χ0) is 22.7. The van der Waals surface area contributed by atoms with E-state index in [0.29, 0.717) is 26.2 Å². The van der Waals surface area contributed by atoms with Crippen molar-refractivity contribution in [3.8, 4) is 16.3 Å². The number of hydrogen-bond acceptors (Lipinski definition) is 8. The second kappa shape index (κ2) is 12.6. The Hall–Kier alpha value is -2.20. The predicted molar refractivity (Wildman–Crippen MR) is 121 cm³/mol. The standard InChI is InChI=1S/C22H33N3O5S/c1-22(2,3)30-21(28)24-16-19-15-23-20(31-19)17-5-7-18(8-6-17)29-14-4-9-25(10-12-26)11-13-27/h5-8,15,26-27H,4,9-14,16H2,1-3H3,(H,24,28). The first kappa shape index (κ1) is 25.1. The Morgan fingerprint density at radius 3 is 2.42 bits per heavy atom. The van der Waals surface area contributed by atoms with E-state index in [0.717, 1.165) is 34.2 Å². The first-order valence-corrected chi connectivity index (χ1v) is 11.2. The fourth-order valence-electron chi connectivity index (χ4n) is 2.79. The number of thiazole rings is 1. The third-order valence-electron chi connectivity index (χ3n) is 4.18. The molecule has 172 valence electrons. The number of rotatable bonds is 12. The van der Waals surface area contributed by atoms with Crippen LogP contribution >= 0.6 is 11.3 Å². The van der Waals surface area contributed by atoms with E-state index < -0.39 is 11.7 Å². The molecule has 0 aliphatic heterocycles. The van der Waals surface area contributed by atoms with E-state index in [4.69, 9.17) is 19.7 Å². The number of aromatic nitrogens is 1. The van der Waals surface area contributed by atoms with Crippen molar-refractivity contribution in [3.63, 3.8) is 0 Å². The number of alkyl carbamates (subject to hydrolysis) is 1. The minimum atomic E-state index is -0.523. The molecular weight excluding hydrogens is 418 g/mol. The maximum absolute atomic E-state index is 11.8. The van der Waals surface area contributed by atoms with Gasteiger partial charge in [0.25, 0.3) is 0 Å². The summed E-state index contributed by atoms with van der Waals surface area (Å²) in [5.74, 6) is 0.781. The van der Waals surface area contributed by atoms with Crippen LogP contribution in [0.5, 0.6) is 5.75 Å². The molecule has 0 aliphatic rings. The van der Waals surface area contributed by atoms with E-state index in [1.165, 1.54) is 11.3 Å². The fraction of sp³-hybridized carbons (Fsp3) is 0.545. The van der Waals surface area contributed by atoms with Gasteiger partial charge in [0.2, 0.25) is 0 Å². The van der Waals surface area contributed by atoms with Crippen LogP contribution in [0.3, 0.4) is 0 Å². The molecule has 0 saturated carbocycles. The normalized spacial score (nSPS) is 11.5. The summed E-state index contributed by atoms with van der Waals surface area (Å²) >= 11 is 1.52. The van der Waals surface area contributed by atoms with Gasteiger partial charge in [0.05, 0.1) is 26.4 Å². The minimum absolute atomic E-state index is 0.0812. The van der Waals surface area contributed by atoms with Crippen molar-refractivity contribution < 1.29 is 24.5 Å². The van der Waals surface area contributed by atoms with Crippen molar-refractivity contribution in [2.75, 3.05) is 39.5 Å². The number of benzene rings is 1. The molecule has 1 amide bonds. The quantitative estimate of drug-likeness (QED) is 0.426. The van der Waals surface area contributed by atoms with Crippen LogP contribution in [0.25, 0.3) is 10.6 Å². The molecule has 0 aliphatic carbocycles. The summed E-state index contributed by atoms with van der Waals surface area (Å²) in [5.41, 5.74) is 0.461. The van der Waals surface area contributed by atoms with Gasteiger partial charge >= 0.3 is 6.09 Å². The van der Waals surface area contributed by atoms with Crippen LogP contribution < -0.4 is 10.1 Å². The number of amides is 1. The van der Waals surface area contributed by atoms with E-state index in [1.54, 1.807) is 6.20 Å². The highest BCUT2D eigenvalue weighted by atomic mass is 32.1. The molecule has 0 fully saturated rings. The lowest BCUT2D eigenvalue weighted by molar-refractivity contribution is 0.0524. The summed E-state index contributed by atoms with van der Waals surface area (Å²) in [7, 11) is 0. The molecule has 0 radical (unpaired) electrons. The second-order valence-corrected chi connectivity index (χ2v) is 9.12. The maximum Gasteiger partial charge on any atom is 0.407 e. The number of aliphatic hydroxyl groups excluding tert-OH is 2. The van der Waals surface area contributed by atoms with E-state index in [1.807, 2.05) is 49.9 Å². The Kier molecular flexibility index (Phi) is 10.2. The minimum Gasteiger partial charge on any atom is -0.494 e. The lowest BCUT2D eigenvalue weighted by Gasteiger charge is -2.19. The van der Waals surface area contributed by atoms with Crippen molar-refractivity contribution in [3.05, 3.63) is 35.3 Å². The Bertz CT molecular complexity index is 783. The summed E-state index contributed by atoms with van der Waals surface area (Å²) < 4.78 is 11.0. The molecule has 1 aromatic carbocycles. The summed E-state index contributed by atoms with van der Waals surface area (Å²) in [6.45, 7) is 8.45. The topological polar surface area (TPSA) is 104 Å². The number of nitrogens with zero attached hydrogens (tertiary/aromatic N) is 2. The zero-order valence-electron chi connectivity index (χ0n) is 18.5. The van der Waals surface area contributed by atoms with E-state index >= 15 is 0 Å². The van der Waals surface area contributed by atoms with Crippen LogP contribution in [-0.2, 0) is 11.3 Å². The average molecular weight is 452 g/mol. The number of carbonyl (C=O) groups excluding carboxylic acids is 1. The van der Waals surface area contributed by atoms with Gasteiger partial charge in [0.15, 0.2) is 0 Å². The van der Waals surface area contributed by atoms with Crippen LogP contribution in [0.1, 0.15) is 32.1 Å². The highest BCUT2D eigenvalue weighted by Gasteiger charge is 2.16. The van der Waals surface area contributed by atoms with Crippen molar-refractivity contribution in [1.29, 1.82) is 0 Å².